The first-order valence-electron chi connectivity index (χ1n) is 5.31. The number of rotatable bonds is 4. The number of carboxylic acid groups (broad SMARTS) is 1. The molecule has 0 amide bonds. The van der Waals surface area contributed by atoms with Gasteiger partial charge in [-0.2, -0.15) is 0 Å². The third-order valence-electron chi connectivity index (χ3n) is 2.33. The summed E-state index contributed by atoms with van der Waals surface area (Å²) < 4.78 is 23.2. The minimum atomic E-state index is -1.08. The summed E-state index contributed by atoms with van der Waals surface area (Å²) in [6.07, 6.45) is 1.00. The number of aromatic nitrogens is 1. The lowest BCUT2D eigenvalue weighted by Gasteiger charge is -2.10. The molecule has 1 aromatic heterocycles. The van der Waals surface area contributed by atoms with Gasteiger partial charge in [0.15, 0.2) is 11.5 Å². The largest absolute Gasteiger partial charge is 0.493 e. The molecule has 0 bridgehead atoms. The first-order valence-corrected chi connectivity index (χ1v) is 5.31. The van der Waals surface area contributed by atoms with E-state index in [-0.39, 0.29) is 17.2 Å². The standard InChI is InChI=1S/C13H10FNO4/c1-18-10-4-2-8(13(16)17)6-11(10)19-12-5-3-9(14)7-15-12/h2-7H,1H3,(H,16,17). The van der Waals surface area contributed by atoms with Gasteiger partial charge in [-0.1, -0.05) is 0 Å². The van der Waals surface area contributed by atoms with Crippen molar-refractivity contribution in [1.29, 1.82) is 0 Å². The Morgan fingerprint density at radius 1 is 1.26 bits per heavy atom. The van der Waals surface area contributed by atoms with Crippen molar-refractivity contribution >= 4 is 5.97 Å². The average molecular weight is 263 g/mol. The highest BCUT2D eigenvalue weighted by atomic mass is 19.1. The monoisotopic (exact) mass is 263 g/mol. The lowest BCUT2D eigenvalue weighted by atomic mass is 10.2. The molecule has 1 N–H and O–H groups in total. The van der Waals surface area contributed by atoms with Crippen LogP contribution < -0.4 is 9.47 Å². The zero-order chi connectivity index (χ0) is 13.8. The van der Waals surface area contributed by atoms with Crippen molar-refractivity contribution in [3.05, 3.63) is 47.9 Å². The molecule has 0 spiro atoms. The number of hydrogen-bond acceptors (Lipinski definition) is 4. The van der Waals surface area contributed by atoms with Gasteiger partial charge in [0.25, 0.3) is 0 Å². The van der Waals surface area contributed by atoms with Crippen LogP contribution in [0.3, 0.4) is 0 Å². The van der Waals surface area contributed by atoms with Crippen molar-refractivity contribution in [2.75, 3.05) is 7.11 Å². The Kier molecular flexibility index (Phi) is 3.61. The first-order chi connectivity index (χ1) is 9.10. The van der Waals surface area contributed by atoms with Crippen molar-refractivity contribution in [2.45, 2.75) is 0 Å². The van der Waals surface area contributed by atoms with Gasteiger partial charge in [-0.3, -0.25) is 0 Å². The second-order valence-corrected chi connectivity index (χ2v) is 3.59. The fourth-order valence-electron chi connectivity index (χ4n) is 1.42. The molecule has 5 nitrogen and oxygen atoms in total. The normalized spacial score (nSPS) is 10.0. The maximum absolute atomic E-state index is 12.7. The Balaban J connectivity index is 2.34. The maximum Gasteiger partial charge on any atom is 0.335 e. The number of benzene rings is 1. The number of pyridine rings is 1. The van der Waals surface area contributed by atoms with E-state index in [2.05, 4.69) is 4.98 Å². The van der Waals surface area contributed by atoms with E-state index >= 15 is 0 Å². The minimum absolute atomic E-state index is 0.0536. The second kappa shape index (κ2) is 5.34. The lowest BCUT2D eigenvalue weighted by Crippen LogP contribution is -1.98. The molecule has 0 aliphatic carbocycles. The van der Waals surface area contributed by atoms with E-state index in [1.165, 1.54) is 37.4 Å². The number of aromatic carboxylic acids is 1. The topological polar surface area (TPSA) is 68.7 Å². The summed E-state index contributed by atoms with van der Waals surface area (Å²) in [5, 5.41) is 8.91. The molecule has 1 aromatic carbocycles. The van der Waals surface area contributed by atoms with Crippen LogP contribution >= 0.6 is 0 Å². The van der Waals surface area contributed by atoms with Crippen molar-refractivity contribution < 1.29 is 23.8 Å². The number of halogens is 1. The zero-order valence-electron chi connectivity index (χ0n) is 9.96. The molecule has 0 fully saturated rings. The van der Waals surface area contributed by atoms with Crippen LogP contribution in [0.5, 0.6) is 17.4 Å². The Morgan fingerprint density at radius 3 is 2.63 bits per heavy atom. The van der Waals surface area contributed by atoms with Crippen LogP contribution in [0.15, 0.2) is 36.5 Å². The highest BCUT2D eigenvalue weighted by molar-refractivity contribution is 5.88. The molecule has 0 aliphatic heterocycles. The van der Waals surface area contributed by atoms with Gasteiger partial charge in [0.2, 0.25) is 5.88 Å². The highest BCUT2D eigenvalue weighted by Gasteiger charge is 2.11. The summed E-state index contributed by atoms with van der Waals surface area (Å²) in [6.45, 7) is 0. The van der Waals surface area contributed by atoms with Crippen molar-refractivity contribution in [3.63, 3.8) is 0 Å². The zero-order valence-corrected chi connectivity index (χ0v) is 9.96. The van der Waals surface area contributed by atoms with E-state index in [1.54, 1.807) is 0 Å². The molecule has 2 aromatic rings. The molecule has 0 radical (unpaired) electrons. The fraction of sp³-hybridized carbons (Fsp3) is 0.0769. The second-order valence-electron chi connectivity index (χ2n) is 3.59. The SMILES string of the molecule is COc1ccc(C(=O)O)cc1Oc1ccc(F)cn1. The third-order valence-corrected chi connectivity index (χ3v) is 2.33. The summed E-state index contributed by atoms with van der Waals surface area (Å²) in [6, 6.07) is 6.71. The van der Waals surface area contributed by atoms with E-state index in [0.717, 1.165) is 6.20 Å². The predicted octanol–water partition coefficient (Wildman–Crippen LogP) is 2.72. The summed E-state index contributed by atoms with van der Waals surface area (Å²) in [5.41, 5.74) is 0.0536. The van der Waals surface area contributed by atoms with Gasteiger partial charge in [-0.05, 0) is 24.3 Å². The van der Waals surface area contributed by atoms with Gasteiger partial charge < -0.3 is 14.6 Å². The molecule has 0 unspecified atom stereocenters. The van der Waals surface area contributed by atoms with E-state index < -0.39 is 11.8 Å². The van der Waals surface area contributed by atoms with Crippen molar-refractivity contribution in [1.82, 2.24) is 4.98 Å². The molecule has 0 atom stereocenters. The number of carboxylic acids is 1. The molecule has 0 saturated heterocycles. The number of methoxy groups -OCH3 is 1. The summed E-state index contributed by atoms with van der Waals surface area (Å²) in [5.74, 6) is -0.877. The molecule has 2 rings (SSSR count). The lowest BCUT2D eigenvalue weighted by molar-refractivity contribution is 0.0696. The van der Waals surface area contributed by atoms with Crippen LogP contribution in [0.2, 0.25) is 0 Å². The summed E-state index contributed by atoms with van der Waals surface area (Å²) in [7, 11) is 1.43. The molecule has 1 heterocycles. The number of hydrogen-bond donors (Lipinski definition) is 1. The van der Waals surface area contributed by atoms with Gasteiger partial charge >= 0.3 is 5.97 Å². The molecular formula is C13H10FNO4. The van der Waals surface area contributed by atoms with Gasteiger partial charge in [0.1, 0.15) is 5.82 Å². The fourth-order valence-corrected chi connectivity index (χ4v) is 1.42. The molecular weight excluding hydrogens is 253 g/mol. The minimum Gasteiger partial charge on any atom is -0.493 e. The Hall–Kier alpha value is -2.63. The number of carbonyl (C=O) groups is 1. The van der Waals surface area contributed by atoms with Crippen LogP contribution in [-0.2, 0) is 0 Å². The van der Waals surface area contributed by atoms with E-state index in [0.29, 0.717) is 5.75 Å². The smallest absolute Gasteiger partial charge is 0.335 e. The van der Waals surface area contributed by atoms with Crippen LogP contribution in [-0.4, -0.2) is 23.2 Å². The quantitative estimate of drug-likeness (QED) is 0.918. The third kappa shape index (κ3) is 2.98. The Labute approximate surface area is 108 Å². The Bertz CT molecular complexity index is 598. The maximum atomic E-state index is 12.7. The first kappa shape index (κ1) is 12.8. The van der Waals surface area contributed by atoms with Crippen LogP contribution in [0.25, 0.3) is 0 Å². The molecule has 19 heavy (non-hydrogen) atoms. The van der Waals surface area contributed by atoms with E-state index in [4.69, 9.17) is 14.6 Å². The average Bonchev–Trinajstić information content (AvgIpc) is 2.41. The number of ether oxygens (including phenoxy) is 2. The van der Waals surface area contributed by atoms with E-state index in [9.17, 15) is 9.18 Å². The van der Waals surface area contributed by atoms with Crippen LogP contribution in [0.1, 0.15) is 10.4 Å². The van der Waals surface area contributed by atoms with Gasteiger partial charge in [-0.25, -0.2) is 14.2 Å². The van der Waals surface area contributed by atoms with Gasteiger partial charge in [0.05, 0.1) is 18.9 Å². The van der Waals surface area contributed by atoms with Gasteiger partial charge in [0, 0.05) is 6.07 Å². The predicted molar refractivity (Wildman–Crippen MR) is 64.2 cm³/mol. The van der Waals surface area contributed by atoms with Crippen LogP contribution in [0, 0.1) is 5.82 Å². The molecule has 6 heteroatoms. The highest BCUT2D eigenvalue weighted by Crippen LogP contribution is 2.31. The number of nitrogens with zero attached hydrogens (tertiary/aromatic N) is 1. The molecule has 0 saturated carbocycles. The summed E-state index contributed by atoms with van der Waals surface area (Å²) >= 11 is 0. The molecule has 0 aliphatic rings. The summed E-state index contributed by atoms with van der Waals surface area (Å²) in [4.78, 5) is 14.6. The van der Waals surface area contributed by atoms with Gasteiger partial charge in [-0.15, -0.1) is 0 Å². The van der Waals surface area contributed by atoms with Crippen LogP contribution in [0.4, 0.5) is 4.39 Å². The Morgan fingerprint density at radius 2 is 2.05 bits per heavy atom. The van der Waals surface area contributed by atoms with Crippen molar-refractivity contribution in [2.24, 2.45) is 0 Å². The van der Waals surface area contributed by atoms with Crippen molar-refractivity contribution in [3.8, 4) is 17.4 Å². The molecule has 98 valence electrons. The van der Waals surface area contributed by atoms with E-state index in [1.807, 2.05) is 0 Å².